The molecule has 0 radical (unpaired) electrons. The van der Waals surface area contributed by atoms with Gasteiger partial charge in [0.25, 0.3) is 11.8 Å². The molecule has 2 aliphatic heterocycles. The van der Waals surface area contributed by atoms with Crippen molar-refractivity contribution in [2.45, 2.75) is 26.2 Å². The number of carbonyl (C=O) groups is 2. The van der Waals surface area contributed by atoms with Crippen LogP contribution in [0, 0.1) is 12.7 Å². The van der Waals surface area contributed by atoms with Gasteiger partial charge in [0.1, 0.15) is 11.9 Å². The van der Waals surface area contributed by atoms with Gasteiger partial charge in [0.05, 0.1) is 18.8 Å². The van der Waals surface area contributed by atoms with Gasteiger partial charge in [-0.15, -0.1) is 5.10 Å². The Morgan fingerprint density at radius 3 is 2.24 bits per heavy atom. The van der Waals surface area contributed by atoms with Crippen LogP contribution >= 0.6 is 0 Å². The average Bonchev–Trinajstić information content (AvgIpc) is 3.27. The minimum absolute atomic E-state index is 0.135. The minimum Gasteiger partial charge on any atom is -0.365 e. The normalized spacial score (nSPS) is 18.2. The molecule has 0 aliphatic carbocycles. The van der Waals surface area contributed by atoms with Crippen LogP contribution in [0.2, 0.25) is 0 Å². The summed E-state index contributed by atoms with van der Waals surface area (Å²) in [6.07, 6.45) is -0.135. The molecule has 1 atom stereocenters. The van der Waals surface area contributed by atoms with E-state index in [4.69, 9.17) is 4.74 Å². The molecule has 0 unspecified atom stereocenters. The van der Waals surface area contributed by atoms with Crippen molar-refractivity contribution in [1.82, 2.24) is 24.8 Å². The Morgan fingerprint density at radius 1 is 0.939 bits per heavy atom. The van der Waals surface area contributed by atoms with Crippen LogP contribution in [0.15, 0.2) is 48.5 Å². The number of hydrogen-bond donors (Lipinski definition) is 0. The van der Waals surface area contributed by atoms with Crippen molar-refractivity contribution >= 4 is 11.8 Å². The number of benzene rings is 2. The topological polar surface area (TPSA) is 80.6 Å². The van der Waals surface area contributed by atoms with E-state index in [0.717, 1.165) is 5.56 Å². The van der Waals surface area contributed by atoms with Crippen molar-refractivity contribution in [3.05, 3.63) is 82.4 Å². The highest BCUT2D eigenvalue weighted by Gasteiger charge is 2.32. The van der Waals surface area contributed by atoms with E-state index in [1.165, 1.54) is 29.8 Å². The standard InChI is InChI=1S/C24H24FN5O3/c1-16-2-4-17(5-3-16)21-14-30-20(15-33-21)22(26-27-30)24(32)29-12-10-28(11-13-29)23(31)18-6-8-19(25)9-7-18/h2-9,21H,10-15H2,1H3/t21-/m1/s1. The zero-order valence-electron chi connectivity index (χ0n) is 18.3. The summed E-state index contributed by atoms with van der Waals surface area (Å²) in [5.41, 5.74) is 3.66. The summed E-state index contributed by atoms with van der Waals surface area (Å²) in [5.74, 6) is -0.755. The highest BCUT2D eigenvalue weighted by atomic mass is 19.1. The van der Waals surface area contributed by atoms with Crippen LogP contribution in [-0.2, 0) is 17.9 Å². The van der Waals surface area contributed by atoms with E-state index in [0.29, 0.717) is 49.7 Å². The molecule has 170 valence electrons. The maximum atomic E-state index is 13.1. The fourth-order valence-corrected chi connectivity index (χ4v) is 4.20. The number of fused-ring (bicyclic) bond motifs is 1. The molecular formula is C24H24FN5O3. The van der Waals surface area contributed by atoms with E-state index < -0.39 is 0 Å². The third kappa shape index (κ3) is 4.23. The fourth-order valence-electron chi connectivity index (χ4n) is 4.20. The first-order chi connectivity index (χ1) is 16.0. The van der Waals surface area contributed by atoms with Crippen molar-refractivity contribution in [1.29, 1.82) is 0 Å². The highest BCUT2D eigenvalue weighted by Crippen LogP contribution is 2.27. The van der Waals surface area contributed by atoms with Crippen LogP contribution in [0.1, 0.15) is 43.8 Å². The molecule has 33 heavy (non-hydrogen) atoms. The summed E-state index contributed by atoms with van der Waals surface area (Å²) < 4.78 is 20.9. The van der Waals surface area contributed by atoms with Gasteiger partial charge in [0.15, 0.2) is 5.69 Å². The van der Waals surface area contributed by atoms with Crippen LogP contribution in [0.5, 0.6) is 0 Å². The van der Waals surface area contributed by atoms with Crippen LogP contribution in [0.3, 0.4) is 0 Å². The Kier molecular flexibility index (Phi) is 5.63. The summed E-state index contributed by atoms with van der Waals surface area (Å²) in [4.78, 5) is 29.1. The molecule has 1 fully saturated rings. The first-order valence-corrected chi connectivity index (χ1v) is 10.9. The third-order valence-electron chi connectivity index (χ3n) is 6.19. The Balaban J connectivity index is 1.22. The molecule has 8 nitrogen and oxygen atoms in total. The van der Waals surface area contributed by atoms with Gasteiger partial charge in [-0.25, -0.2) is 9.07 Å². The molecule has 2 aliphatic rings. The molecule has 0 saturated carbocycles. The molecular weight excluding hydrogens is 425 g/mol. The maximum absolute atomic E-state index is 13.1. The largest absolute Gasteiger partial charge is 0.365 e. The van der Waals surface area contributed by atoms with Gasteiger partial charge in [-0.3, -0.25) is 9.59 Å². The highest BCUT2D eigenvalue weighted by molar-refractivity contribution is 5.95. The average molecular weight is 449 g/mol. The number of piperazine rings is 1. The van der Waals surface area contributed by atoms with Gasteiger partial charge >= 0.3 is 0 Å². The lowest BCUT2D eigenvalue weighted by molar-refractivity contribution is -0.00203. The summed E-state index contributed by atoms with van der Waals surface area (Å²) in [7, 11) is 0. The zero-order valence-corrected chi connectivity index (χ0v) is 18.3. The number of halogens is 1. The van der Waals surface area contributed by atoms with Gasteiger partial charge < -0.3 is 14.5 Å². The van der Waals surface area contributed by atoms with Crippen molar-refractivity contribution in [3.63, 3.8) is 0 Å². The number of carbonyl (C=O) groups excluding carboxylic acids is 2. The van der Waals surface area contributed by atoms with E-state index in [1.807, 2.05) is 31.2 Å². The number of ether oxygens (including phenoxy) is 1. The van der Waals surface area contributed by atoms with E-state index in [1.54, 1.807) is 14.5 Å². The van der Waals surface area contributed by atoms with Crippen LogP contribution in [0.4, 0.5) is 4.39 Å². The second-order valence-corrected chi connectivity index (χ2v) is 8.37. The Labute approximate surface area is 190 Å². The van der Waals surface area contributed by atoms with E-state index in [9.17, 15) is 14.0 Å². The van der Waals surface area contributed by atoms with Crippen molar-refractivity contribution in [3.8, 4) is 0 Å². The predicted octanol–water partition coefficient (Wildman–Crippen LogP) is 2.60. The summed E-state index contributed by atoms with van der Waals surface area (Å²) >= 11 is 0. The number of amides is 2. The smallest absolute Gasteiger partial charge is 0.276 e. The Morgan fingerprint density at radius 2 is 1.58 bits per heavy atom. The lowest BCUT2D eigenvalue weighted by Crippen LogP contribution is -2.50. The van der Waals surface area contributed by atoms with Crippen molar-refractivity contribution in [2.75, 3.05) is 26.2 Å². The van der Waals surface area contributed by atoms with Crippen LogP contribution in [0.25, 0.3) is 0 Å². The quantitative estimate of drug-likeness (QED) is 0.614. The molecule has 5 rings (SSSR count). The van der Waals surface area contributed by atoms with Gasteiger partial charge in [-0.05, 0) is 36.8 Å². The number of nitrogens with zero attached hydrogens (tertiary/aromatic N) is 5. The van der Waals surface area contributed by atoms with Crippen molar-refractivity contribution < 1.29 is 18.7 Å². The van der Waals surface area contributed by atoms with E-state index >= 15 is 0 Å². The maximum Gasteiger partial charge on any atom is 0.276 e. The van der Waals surface area contributed by atoms with Gasteiger partial charge in [0.2, 0.25) is 0 Å². The minimum atomic E-state index is -0.381. The number of rotatable bonds is 3. The van der Waals surface area contributed by atoms with Gasteiger partial charge in [-0.1, -0.05) is 35.0 Å². The van der Waals surface area contributed by atoms with Crippen molar-refractivity contribution in [2.24, 2.45) is 0 Å². The molecule has 9 heteroatoms. The van der Waals surface area contributed by atoms with E-state index in [2.05, 4.69) is 10.3 Å². The van der Waals surface area contributed by atoms with Gasteiger partial charge in [-0.2, -0.15) is 0 Å². The molecule has 0 N–H and O–H groups in total. The van der Waals surface area contributed by atoms with Crippen LogP contribution < -0.4 is 0 Å². The predicted molar refractivity (Wildman–Crippen MR) is 117 cm³/mol. The second-order valence-electron chi connectivity index (χ2n) is 8.37. The fraction of sp³-hybridized carbons (Fsp3) is 0.333. The summed E-state index contributed by atoms with van der Waals surface area (Å²) in [6, 6.07) is 13.7. The molecule has 2 amide bonds. The monoisotopic (exact) mass is 449 g/mol. The Hall–Kier alpha value is -3.59. The molecule has 3 aromatic rings. The SMILES string of the molecule is Cc1ccc([C@H]2Cn3nnc(C(=O)N4CCN(C(=O)c5ccc(F)cc5)CC4)c3CO2)cc1. The zero-order chi connectivity index (χ0) is 22.9. The first kappa shape index (κ1) is 21.3. The number of hydrogen-bond acceptors (Lipinski definition) is 5. The molecule has 0 spiro atoms. The lowest BCUT2D eigenvalue weighted by atomic mass is 10.1. The second kappa shape index (κ2) is 8.74. The number of aromatic nitrogens is 3. The lowest BCUT2D eigenvalue weighted by Gasteiger charge is -2.34. The first-order valence-electron chi connectivity index (χ1n) is 10.9. The number of aryl methyl sites for hydroxylation is 1. The molecule has 1 aromatic heterocycles. The third-order valence-corrected chi connectivity index (χ3v) is 6.19. The molecule has 3 heterocycles. The molecule has 1 saturated heterocycles. The molecule has 0 bridgehead atoms. The van der Waals surface area contributed by atoms with Gasteiger partial charge in [0, 0.05) is 31.7 Å². The molecule has 2 aromatic carbocycles. The Bertz CT molecular complexity index is 1170. The van der Waals surface area contributed by atoms with E-state index in [-0.39, 0.29) is 30.3 Å². The summed E-state index contributed by atoms with van der Waals surface area (Å²) in [6.45, 7) is 4.39. The van der Waals surface area contributed by atoms with Crippen LogP contribution in [-0.4, -0.2) is 62.8 Å². The summed E-state index contributed by atoms with van der Waals surface area (Å²) in [5, 5.41) is 8.35.